The fourth-order valence-electron chi connectivity index (χ4n) is 3.07. The van der Waals surface area contributed by atoms with Crippen molar-refractivity contribution in [1.29, 1.82) is 0 Å². The van der Waals surface area contributed by atoms with Gasteiger partial charge < -0.3 is 4.57 Å². The third-order valence-corrected chi connectivity index (χ3v) is 4.21. The van der Waals surface area contributed by atoms with E-state index in [0.29, 0.717) is 17.3 Å². The molecule has 1 aromatic heterocycles. The van der Waals surface area contributed by atoms with Gasteiger partial charge in [0.1, 0.15) is 11.3 Å². The average Bonchev–Trinajstić information content (AvgIpc) is 2.97. The number of imidazole rings is 1. The highest BCUT2D eigenvalue weighted by Crippen LogP contribution is 2.38. The first kappa shape index (κ1) is 12.9. The van der Waals surface area contributed by atoms with E-state index in [2.05, 4.69) is 11.9 Å². The summed E-state index contributed by atoms with van der Waals surface area (Å²) in [7, 11) is 0. The van der Waals surface area contributed by atoms with Gasteiger partial charge in [0.2, 0.25) is 0 Å². The molecule has 1 aromatic carbocycles. The Labute approximate surface area is 115 Å². The van der Waals surface area contributed by atoms with Crippen LogP contribution in [-0.2, 0) is 5.88 Å². The van der Waals surface area contributed by atoms with Crippen molar-refractivity contribution >= 4 is 22.6 Å². The molecule has 1 heterocycles. The van der Waals surface area contributed by atoms with Crippen LogP contribution in [0.2, 0.25) is 0 Å². The van der Waals surface area contributed by atoms with E-state index in [9.17, 15) is 8.78 Å². The van der Waals surface area contributed by atoms with Gasteiger partial charge in [-0.15, -0.1) is 11.6 Å². The Morgan fingerprint density at radius 2 is 2.16 bits per heavy atom. The fraction of sp³-hybridized carbons (Fsp3) is 0.500. The average molecular weight is 285 g/mol. The molecule has 1 saturated carbocycles. The van der Waals surface area contributed by atoms with Crippen LogP contribution in [0.5, 0.6) is 0 Å². The van der Waals surface area contributed by atoms with E-state index in [1.165, 1.54) is 6.07 Å². The number of fused-ring (bicyclic) bond motifs is 1. The quantitative estimate of drug-likeness (QED) is 0.747. The van der Waals surface area contributed by atoms with Crippen molar-refractivity contribution in [3.05, 3.63) is 29.6 Å². The van der Waals surface area contributed by atoms with E-state index in [1.807, 2.05) is 4.57 Å². The highest BCUT2D eigenvalue weighted by atomic mass is 35.5. The van der Waals surface area contributed by atoms with E-state index in [0.717, 1.165) is 25.3 Å². The number of halogens is 3. The minimum atomic E-state index is -0.833. The van der Waals surface area contributed by atoms with Gasteiger partial charge in [0.15, 0.2) is 11.6 Å². The molecule has 0 aliphatic heterocycles. The smallest absolute Gasteiger partial charge is 0.184 e. The molecule has 2 unspecified atom stereocenters. The van der Waals surface area contributed by atoms with Crippen molar-refractivity contribution in [2.24, 2.45) is 5.92 Å². The molecule has 1 aliphatic rings. The maximum absolute atomic E-state index is 14.1. The molecule has 0 bridgehead atoms. The molecule has 102 valence electrons. The molecule has 0 radical (unpaired) electrons. The lowest BCUT2D eigenvalue weighted by Gasteiger charge is -2.16. The second kappa shape index (κ2) is 4.75. The van der Waals surface area contributed by atoms with Crippen molar-refractivity contribution in [3.63, 3.8) is 0 Å². The molecule has 19 heavy (non-hydrogen) atoms. The van der Waals surface area contributed by atoms with Crippen molar-refractivity contribution in [2.45, 2.75) is 38.1 Å². The van der Waals surface area contributed by atoms with Crippen LogP contribution >= 0.6 is 11.6 Å². The van der Waals surface area contributed by atoms with Crippen LogP contribution in [0, 0.1) is 17.6 Å². The molecule has 0 amide bonds. The summed E-state index contributed by atoms with van der Waals surface area (Å²) >= 11 is 5.91. The van der Waals surface area contributed by atoms with Crippen molar-refractivity contribution in [1.82, 2.24) is 9.55 Å². The summed E-state index contributed by atoms with van der Waals surface area (Å²) in [5.41, 5.74) is 0.740. The largest absolute Gasteiger partial charge is 0.321 e. The van der Waals surface area contributed by atoms with Crippen LogP contribution in [0.15, 0.2) is 12.1 Å². The second-order valence-corrected chi connectivity index (χ2v) is 5.60. The van der Waals surface area contributed by atoms with E-state index in [1.54, 1.807) is 0 Å². The molecule has 5 heteroatoms. The predicted molar refractivity (Wildman–Crippen MR) is 71.3 cm³/mol. The Balaban J connectivity index is 2.22. The van der Waals surface area contributed by atoms with Crippen molar-refractivity contribution in [2.75, 3.05) is 0 Å². The van der Waals surface area contributed by atoms with Gasteiger partial charge in [-0.05, 0) is 37.3 Å². The zero-order chi connectivity index (χ0) is 13.6. The van der Waals surface area contributed by atoms with Gasteiger partial charge >= 0.3 is 0 Å². The van der Waals surface area contributed by atoms with Crippen molar-refractivity contribution in [3.8, 4) is 0 Å². The molecule has 3 rings (SSSR count). The molecule has 0 saturated heterocycles. The zero-order valence-corrected chi connectivity index (χ0v) is 11.4. The Bertz CT molecular complexity index is 623. The number of nitrogens with zero attached hydrogens (tertiary/aromatic N) is 2. The molecular weight excluding hydrogens is 270 g/mol. The van der Waals surface area contributed by atoms with Crippen LogP contribution in [0.1, 0.15) is 38.1 Å². The van der Waals surface area contributed by atoms with Crippen LogP contribution in [0.4, 0.5) is 8.78 Å². The number of benzene rings is 1. The number of rotatable bonds is 2. The first-order chi connectivity index (χ1) is 9.11. The summed E-state index contributed by atoms with van der Waals surface area (Å²) in [6.07, 6.45) is 3.03. The second-order valence-electron chi connectivity index (χ2n) is 5.33. The number of alkyl halides is 1. The molecule has 0 N–H and O–H groups in total. The van der Waals surface area contributed by atoms with Gasteiger partial charge in [-0.1, -0.05) is 6.92 Å². The summed E-state index contributed by atoms with van der Waals surface area (Å²) < 4.78 is 29.3. The monoisotopic (exact) mass is 284 g/mol. The predicted octanol–water partition coefficient (Wildman–Crippen LogP) is 4.41. The molecular formula is C14H15ClF2N2. The lowest BCUT2D eigenvalue weighted by atomic mass is 10.1. The third-order valence-electron chi connectivity index (χ3n) is 3.97. The fourth-order valence-corrected chi connectivity index (χ4v) is 3.26. The lowest BCUT2D eigenvalue weighted by molar-refractivity contribution is 0.474. The SMILES string of the molecule is CC1CCC(n2c(CCl)nc3ccc(F)c(F)c32)C1. The molecule has 1 aliphatic carbocycles. The van der Waals surface area contributed by atoms with Crippen LogP contribution in [0.25, 0.3) is 11.0 Å². The van der Waals surface area contributed by atoms with E-state index in [-0.39, 0.29) is 17.4 Å². The zero-order valence-electron chi connectivity index (χ0n) is 10.7. The minimum Gasteiger partial charge on any atom is -0.321 e. The molecule has 2 atom stereocenters. The third kappa shape index (κ3) is 2.02. The minimum absolute atomic E-state index is 0.171. The molecule has 1 fully saturated rings. The van der Waals surface area contributed by atoms with Crippen LogP contribution in [0.3, 0.4) is 0 Å². The highest BCUT2D eigenvalue weighted by Gasteiger charge is 2.28. The van der Waals surface area contributed by atoms with Gasteiger partial charge in [-0.3, -0.25) is 0 Å². The maximum atomic E-state index is 14.1. The van der Waals surface area contributed by atoms with Gasteiger partial charge in [0.25, 0.3) is 0 Å². The summed E-state index contributed by atoms with van der Waals surface area (Å²) in [5.74, 6) is -0.218. The van der Waals surface area contributed by atoms with Gasteiger partial charge in [0, 0.05) is 6.04 Å². The van der Waals surface area contributed by atoms with Gasteiger partial charge in [-0.2, -0.15) is 0 Å². The van der Waals surface area contributed by atoms with E-state index in [4.69, 9.17) is 11.6 Å². The maximum Gasteiger partial charge on any atom is 0.184 e. The summed E-state index contributed by atoms with van der Waals surface area (Å²) in [6, 6.07) is 2.80. The topological polar surface area (TPSA) is 17.8 Å². The Kier molecular flexibility index (Phi) is 3.21. The highest BCUT2D eigenvalue weighted by molar-refractivity contribution is 6.16. The molecule has 2 nitrogen and oxygen atoms in total. The summed E-state index contributed by atoms with van der Waals surface area (Å²) in [6.45, 7) is 2.18. The molecule has 0 spiro atoms. The van der Waals surface area contributed by atoms with Crippen LogP contribution in [-0.4, -0.2) is 9.55 Å². The Morgan fingerprint density at radius 1 is 1.37 bits per heavy atom. The Morgan fingerprint density at radius 3 is 2.79 bits per heavy atom. The first-order valence-corrected chi connectivity index (χ1v) is 7.06. The van der Waals surface area contributed by atoms with E-state index >= 15 is 0 Å². The van der Waals surface area contributed by atoms with Gasteiger partial charge in [0.05, 0.1) is 11.4 Å². The van der Waals surface area contributed by atoms with Crippen molar-refractivity contribution < 1.29 is 8.78 Å². The number of aromatic nitrogens is 2. The summed E-state index contributed by atoms with van der Waals surface area (Å²) in [5, 5.41) is 0. The molecule has 2 aromatic rings. The normalized spacial score (nSPS) is 23.4. The Hall–Kier alpha value is -1.16. The van der Waals surface area contributed by atoms with Gasteiger partial charge in [-0.25, -0.2) is 13.8 Å². The number of hydrogen-bond acceptors (Lipinski definition) is 1. The standard InChI is InChI=1S/C14H15ClF2N2/c1-8-2-3-9(6-8)19-12(7-15)18-11-5-4-10(16)13(17)14(11)19/h4-5,8-9H,2-3,6-7H2,1H3. The summed E-state index contributed by atoms with van der Waals surface area (Å²) in [4.78, 5) is 4.33. The first-order valence-electron chi connectivity index (χ1n) is 6.52. The van der Waals surface area contributed by atoms with Crippen LogP contribution < -0.4 is 0 Å². The number of hydrogen-bond donors (Lipinski definition) is 0. The lowest BCUT2D eigenvalue weighted by Crippen LogP contribution is -2.10. The van der Waals surface area contributed by atoms with E-state index < -0.39 is 11.6 Å².